The fraction of sp³-hybridized carbons (Fsp3) is 0.267. The predicted molar refractivity (Wildman–Crippen MR) is 153 cm³/mol. The van der Waals surface area contributed by atoms with Crippen LogP contribution in [0.25, 0.3) is 5.69 Å². The molecule has 0 spiro atoms. The van der Waals surface area contributed by atoms with E-state index in [4.69, 9.17) is 21.9 Å². The Labute approximate surface area is 223 Å². The number of para-hydroxylation sites is 1. The molecule has 2 aliphatic rings. The lowest BCUT2D eigenvalue weighted by Crippen LogP contribution is -2.36. The molecule has 0 aliphatic carbocycles. The zero-order valence-electron chi connectivity index (χ0n) is 21.2. The van der Waals surface area contributed by atoms with Crippen LogP contribution in [0.15, 0.2) is 85.1 Å². The number of anilines is 2. The summed E-state index contributed by atoms with van der Waals surface area (Å²) >= 11 is 5.96. The second-order valence-corrected chi connectivity index (χ2v) is 10.00. The Hall–Kier alpha value is -3.68. The molecule has 4 aromatic rings. The number of hydrogen-bond donors (Lipinski definition) is 1. The molecule has 37 heavy (non-hydrogen) atoms. The number of nitrogens with one attached hydrogen (secondary N) is 1. The quantitative estimate of drug-likeness (QED) is 0.358. The lowest BCUT2D eigenvalue weighted by atomic mass is 9.96. The Morgan fingerprint density at radius 1 is 0.865 bits per heavy atom. The van der Waals surface area contributed by atoms with E-state index in [-0.39, 0.29) is 12.1 Å². The molecule has 2 aliphatic heterocycles. The number of pyridine rings is 1. The van der Waals surface area contributed by atoms with Crippen LogP contribution in [0, 0.1) is 13.8 Å². The first-order valence-corrected chi connectivity index (χ1v) is 13.2. The largest absolute Gasteiger partial charge is 0.378 e. The molecule has 188 valence electrons. The Bertz CT molecular complexity index is 1380. The molecule has 7 heteroatoms. The standard InChI is InChI=1S/C30H31N5OS/c1-21-20-26(22(2)34(21)24-8-4-3-5-9-24)29-28(27-10-6-7-15-31-27)32-30(37)35(29)25-13-11-23(12-14-25)33-16-18-36-19-17-33/h3-15,20,28-29H,16-19H2,1-2H3,(H,32,37)/t28-,29+/m0/s1. The summed E-state index contributed by atoms with van der Waals surface area (Å²) in [7, 11) is 0. The van der Waals surface area contributed by atoms with Gasteiger partial charge in [0, 0.05) is 47.7 Å². The Balaban J connectivity index is 1.43. The molecular weight excluding hydrogens is 478 g/mol. The zero-order chi connectivity index (χ0) is 25.4. The lowest BCUT2D eigenvalue weighted by Gasteiger charge is -2.31. The van der Waals surface area contributed by atoms with E-state index in [2.05, 4.69) is 100 Å². The van der Waals surface area contributed by atoms with Crippen LogP contribution in [0.1, 0.15) is 34.7 Å². The lowest BCUT2D eigenvalue weighted by molar-refractivity contribution is 0.122. The third-order valence-corrected chi connectivity index (χ3v) is 7.72. The van der Waals surface area contributed by atoms with Crippen LogP contribution in [0.3, 0.4) is 0 Å². The van der Waals surface area contributed by atoms with Crippen molar-refractivity contribution in [3.05, 3.63) is 108 Å². The highest BCUT2D eigenvalue weighted by Gasteiger charge is 2.42. The second kappa shape index (κ2) is 10.00. The molecule has 1 N–H and O–H groups in total. The van der Waals surface area contributed by atoms with Gasteiger partial charge in [0.25, 0.3) is 0 Å². The van der Waals surface area contributed by atoms with Crippen LogP contribution in [-0.4, -0.2) is 41.0 Å². The maximum absolute atomic E-state index is 5.96. The summed E-state index contributed by atoms with van der Waals surface area (Å²) in [5.74, 6) is 0. The molecule has 6 rings (SSSR count). The summed E-state index contributed by atoms with van der Waals surface area (Å²) in [5.41, 5.74) is 8.06. The molecule has 2 aromatic heterocycles. The number of morpholine rings is 1. The van der Waals surface area contributed by atoms with Crippen LogP contribution in [0.2, 0.25) is 0 Å². The number of aromatic nitrogens is 2. The summed E-state index contributed by atoms with van der Waals surface area (Å²) in [6.45, 7) is 7.74. The fourth-order valence-electron chi connectivity index (χ4n) is 5.66. The van der Waals surface area contributed by atoms with E-state index < -0.39 is 0 Å². The van der Waals surface area contributed by atoms with Crippen molar-refractivity contribution in [3.63, 3.8) is 0 Å². The summed E-state index contributed by atoms with van der Waals surface area (Å²) in [4.78, 5) is 9.35. The average Bonchev–Trinajstić information content (AvgIpc) is 3.45. The van der Waals surface area contributed by atoms with E-state index in [1.54, 1.807) is 0 Å². The Morgan fingerprint density at radius 2 is 1.57 bits per heavy atom. The van der Waals surface area contributed by atoms with E-state index in [1.165, 1.54) is 22.6 Å². The van der Waals surface area contributed by atoms with Crippen molar-refractivity contribution in [2.45, 2.75) is 25.9 Å². The SMILES string of the molecule is Cc1cc([C@@H]2[C@H](c3ccccn3)NC(=S)N2c2ccc(N3CCOCC3)cc2)c(C)n1-c1ccccc1. The molecule has 2 aromatic carbocycles. The first-order valence-electron chi connectivity index (χ1n) is 12.8. The highest BCUT2D eigenvalue weighted by Crippen LogP contribution is 2.44. The van der Waals surface area contributed by atoms with Crippen molar-refractivity contribution in [3.8, 4) is 5.69 Å². The van der Waals surface area contributed by atoms with Crippen LogP contribution in [-0.2, 0) is 4.74 Å². The van der Waals surface area contributed by atoms with Gasteiger partial charge in [-0.2, -0.15) is 0 Å². The highest BCUT2D eigenvalue weighted by molar-refractivity contribution is 7.80. The Kier molecular flexibility index (Phi) is 6.40. The highest BCUT2D eigenvalue weighted by atomic mass is 32.1. The molecule has 0 saturated carbocycles. The van der Waals surface area contributed by atoms with Crippen LogP contribution >= 0.6 is 12.2 Å². The van der Waals surface area contributed by atoms with Crippen molar-refractivity contribution in [2.24, 2.45) is 0 Å². The maximum atomic E-state index is 5.96. The van der Waals surface area contributed by atoms with Gasteiger partial charge in [-0.05, 0) is 86.2 Å². The first kappa shape index (κ1) is 23.7. The average molecular weight is 510 g/mol. The van der Waals surface area contributed by atoms with Gasteiger partial charge < -0.3 is 24.4 Å². The van der Waals surface area contributed by atoms with Gasteiger partial charge in [0.05, 0.1) is 31.0 Å². The summed E-state index contributed by atoms with van der Waals surface area (Å²) in [6, 6.07) is 27.5. The van der Waals surface area contributed by atoms with Crippen molar-refractivity contribution in [1.29, 1.82) is 0 Å². The molecule has 6 nitrogen and oxygen atoms in total. The van der Waals surface area contributed by atoms with E-state index >= 15 is 0 Å². The van der Waals surface area contributed by atoms with Crippen LogP contribution < -0.4 is 15.1 Å². The monoisotopic (exact) mass is 509 g/mol. The van der Waals surface area contributed by atoms with Gasteiger partial charge in [0.15, 0.2) is 5.11 Å². The molecule has 0 unspecified atom stereocenters. The van der Waals surface area contributed by atoms with Crippen molar-refractivity contribution < 1.29 is 4.74 Å². The van der Waals surface area contributed by atoms with Crippen molar-refractivity contribution in [2.75, 3.05) is 36.1 Å². The van der Waals surface area contributed by atoms with Crippen molar-refractivity contribution in [1.82, 2.24) is 14.9 Å². The molecule has 2 atom stereocenters. The number of nitrogens with zero attached hydrogens (tertiary/aromatic N) is 4. The number of ether oxygens (including phenoxy) is 1. The van der Waals surface area contributed by atoms with Crippen molar-refractivity contribution >= 4 is 28.7 Å². The van der Waals surface area contributed by atoms with Gasteiger partial charge in [-0.25, -0.2) is 0 Å². The maximum Gasteiger partial charge on any atom is 0.174 e. The van der Waals surface area contributed by atoms with E-state index in [9.17, 15) is 0 Å². The molecule has 4 heterocycles. The summed E-state index contributed by atoms with van der Waals surface area (Å²) in [6.07, 6.45) is 1.85. The third kappa shape index (κ3) is 4.38. The Morgan fingerprint density at radius 3 is 2.27 bits per heavy atom. The van der Waals surface area contributed by atoms with Gasteiger partial charge in [-0.3, -0.25) is 4.98 Å². The molecule has 0 radical (unpaired) electrons. The summed E-state index contributed by atoms with van der Waals surface area (Å²) in [5, 5.41) is 4.31. The molecule has 2 saturated heterocycles. The smallest absolute Gasteiger partial charge is 0.174 e. The molecule has 0 amide bonds. The minimum absolute atomic E-state index is 0.0414. The third-order valence-electron chi connectivity index (χ3n) is 7.41. The number of rotatable bonds is 5. The fourth-order valence-corrected chi connectivity index (χ4v) is 6.00. The number of hydrogen-bond acceptors (Lipinski definition) is 4. The minimum atomic E-state index is -0.0719. The van der Waals surface area contributed by atoms with Gasteiger partial charge in [0.1, 0.15) is 0 Å². The van der Waals surface area contributed by atoms with E-state index in [0.717, 1.165) is 43.4 Å². The topological polar surface area (TPSA) is 45.6 Å². The van der Waals surface area contributed by atoms with Gasteiger partial charge in [-0.15, -0.1) is 0 Å². The second-order valence-electron chi connectivity index (χ2n) is 9.61. The normalized spacial score (nSPS) is 19.8. The van der Waals surface area contributed by atoms with Crippen LogP contribution in [0.5, 0.6) is 0 Å². The number of thiocarbonyl (C=S) groups is 1. The van der Waals surface area contributed by atoms with Gasteiger partial charge in [-0.1, -0.05) is 24.3 Å². The van der Waals surface area contributed by atoms with E-state index in [0.29, 0.717) is 5.11 Å². The minimum Gasteiger partial charge on any atom is -0.378 e. The van der Waals surface area contributed by atoms with E-state index in [1.807, 2.05) is 18.3 Å². The van der Waals surface area contributed by atoms with Crippen LogP contribution in [0.4, 0.5) is 11.4 Å². The number of benzene rings is 2. The number of aryl methyl sites for hydroxylation is 1. The van der Waals surface area contributed by atoms with Gasteiger partial charge in [0.2, 0.25) is 0 Å². The predicted octanol–water partition coefficient (Wildman–Crippen LogP) is 5.50. The molecular formula is C30H31N5OS. The molecule has 0 bridgehead atoms. The summed E-state index contributed by atoms with van der Waals surface area (Å²) < 4.78 is 7.85. The first-order chi connectivity index (χ1) is 18.1. The van der Waals surface area contributed by atoms with Gasteiger partial charge >= 0.3 is 0 Å². The molecule has 2 fully saturated rings. The zero-order valence-corrected chi connectivity index (χ0v) is 22.0.